The van der Waals surface area contributed by atoms with Gasteiger partial charge >= 0.3 is 0 Å². The zero-order valence-corrected chi connectivity index (χ0v) is 12.3. The van der Waals surface area contributed by atoms with Crippen LogP contribution in [0.1, 0.15) is 5.56 Å². The van der Waals surface area contributed by atoms with Gasteiger partial charge in [0.25, 0.3) is 0 Å². The molecule has 1 rings (SSSR count). The van der Waals surface area contributed by atoms with Gasteiger partial charge in [0.05, 0.1) is 0 Å². The zero-order chi connectivity index (χ0) is 9.30. The quantitative estimate of drug-likeness (QED) is 0.350. The average Bonchev–Trinajstić information content (AvgIpc) is 1.82. The number of hydrogen-bond donors (Lipinski definition) is 2. The molecule has 1 aromatic carbocycles. The molecular formula is C7H5I3N2. The van der Waals surface area contributed by atoms with E-state index in [1.54, 1.807) is 0 Å². The molecule has 0 aliphatic rings. The van der Waals surface area contributed by atoms with E-state index in [-0.39, 0.29) is 5.84 Å². The number of nitrogens with two attached hydrogens (primary N) is 1. The summed E-state index contributed by atoms with van der Waals surface area (Å²) in [6.07, 6.45) is 0. The first kappa shape index (κ1) is 11.0. The molecule has 0 saturated carbocycles. The van der Waals surface area contributed by atoms with Crippen LogP contribution in [0.3, 0.4) is 0 Å². The molecule has 5 heteroatoms. The average molecular weight is 498 g/mol. The fourth-order valence-electron chi connectivity index (χ4n) is 0.800. The standard InChI is InChI=1S/C7H5I3N2/c8-3-1-4(9)6(7(11)12)5(10)2-3/h1-2H,(H3,11,12). The maximum absolute atomic E-state index is 7.35. The molecule has 0 saturated heterocycles. The highest BCUT2D eigenvalue weighted by Crippen LogP contribution is 2.21. The van der Waals surface area contributed by atoms with Crippen LogP contribution in [0.4, 0.5) is 0 Å². The van der Waals surface area contributed by atoms with E-state index in [9.17, 15) is 0 Å². The smallest absolute Gasteiger partial charge is 0.124 e. The summed E-state index contributed by atoms with van der Waals surface area (Å²) in [5, 5.41) is 7.35. The van der Waals surface area contributed by atoms with E-state index in [1.807, 2.05) is 12.1 Å². The minimum Gasteiger partial charge on any atom is -0.384 e. The van der Waals surface area contributed by atoms with Gasteiger partial charge in [-0.15, -0.1) is 0 Å². The number of nitrogens with one attached hydrogen (secondary N) is 1. The van der Waals surface area contributed by atoms with Gasteiger partial charge in [-0.2, -0.15) is 0 Å². The van der Waals surface area contributed by atoms with Gasteiger partial charge in [-0.05, 0) is 79.9 Å². The number of rotatable bonds is 1. The van der Waals surface area contributed by atoms with E-state index in [4.69, 9.17) is 11.1 Å². The van der Waals surface area contributed by atoms with Crippen LogP contribution >= 0.6 is 67.8 Å². The van der Waals surface area contributed by atoms with Gasteiger partial charge in [0.1, 0.15) is 5.84 Å². The van der Waals surface area contributed by atoms with Gasteiger partial charge in [0, 0.05) is 16.3 Å². The highest BCUT2D eigenvalue weighted by molar-refractivity contribution is 14.1. The largest absolute Gasteiger partial charge is 0.384 e. The molecule has 1 aromatic rings. The molecule has 0 atom stereocenters. The molecule has 12 heavy (non-hydrogen) atoms. The van der Waals surface area contributed by atoms with Gasteiger partial charge in [-0.3, -0.25) is 5.41 Å². The van der Waals surface area contributed by atoms with Crippen LogP contribution in [0.2, 0.25) is 0 Å². The monoisotopic (exact) mass is 498 g/mol. The Hall–Kier alpha value is 0.880. The normalized spacial score (nSPS) is 9.92. The van der Waals surface area contributed by atoms with Crippen LogP contribution < -0.4 is 5.73 Å². The Kier molecular flexibility index (Phi) is 4.02. The molecule has 0 aliphatic carbocycles. The maximum Gasteiger partial charge on any atom is 0.124 e. The van der Waals surface area contributed by atoms with Crippen LogP contribution in [-0.4, -0.2) is 5.84 Å². The number of nitrogen functional groups attached to an aromatic ring is 1. The van der Waals surface area contributed by atoms with E-state index >= 15 is 0 Å². The lowest BCUT2D eigenvalue weighted by atomic mass is 10.2. The second-order valence-electron chi connectivity index (χ2n) is 2.16. The number of hydrogen-bond acceptors (Lipinski definition) is 1. The van der Waals surface area contributed by atoms with Gasteiger partial charge in [-0.25, -0.2) is 0 Å². The van der Waals surface area contributed by atoms with Crippen molar-refractivity contribution in [3.05, 3.63) is 28.4 Å². The molecule has 0 bridgehead atoms. The Morgan fingerprint density at radius 1 is 1.17 bits per heavy atom. The van der Waals surface area contributed by atoms with Crippen molar-refractivity contribution in [1.82, 2.24) is 0 Å². The van der Waals surface area contributed by atoms with Gasteiger partial charge < -0.3 is 5.73 Å². The third-order valence-electron chi connectivity index (χ3n) is 1.28. The van der Waals surface area contributed by atoms with E-state index in [0.29, 0.717) is 0 Å². The summed E-state index contributed by atoms with van der Waals surface area (Å²) in [5.74, 6) is 0.139. The highest BCUT2D eigenvalue weighted by atomic mass is 127. The Balaban J connectivity index is 3.38. The summed E-state index contributed by atoms with van der Waals surface area (Å²) in [5.41, 5.74) is 6.28. The minimum atomic E-state index is 0.139. The molecule has 0 aromatic heterocycles. The Labute approximate surface area is 112 Å². The minimum absolute atomic E-state index is 0.139. The van der Waals surface area contributed by atoms with Gasteiger partial charge in [0.15, 0.2) is 0 Å². The van der Waals surface area contributed by atoms with Crippen LogP contribution in [0, 0.1) is 16.1 Å². The van der Waals surface area contributed by atoms with E-state index in [2.05, 4.69) is 67.8 Å². The van der Waals surface area contributed by atoms with E-state index in [1.165, 1.54) is 3.57 Å². The van der Waals surface area contributed by atoms with E-state index < -0.39 is 0 Å². The number of benzene rings is 1. The Morgan fingerprint density at radius 2 is 1.58 bits per heavy atom. The van der Waals surface area contributed by atoms with Crippen molar-refractivity contribution in [3.8, 4) is 0 Å². The van der Waals surface area contributed by atoms with Crippen LogP contribution in [0.5, 0.6) is 0 Å². The molecule has 0 aliphatic heterocycles. The summed E-state index contributed by atoms with van der Waals surface area (Å²) in [6.45, 7) is 0. The molecule has 0 amide bonds. The SMILES string of the molecule is N=C(N)c1c(I)cc(I)cc1I. The molecule has 64 valence electrons. The van der Waals surface area contributed by atoms with Gasteiger partial charge in [-0.1, -0.05) is 0 Å². The first-order chi connectivity index (χ1) is 5.52. The fraction of sp³-hybridized carbons (Fsp3) is 0. The van der Waals surface area contributed by atoms with Crippen molar-refractivity contribution in [3.63, 3.8) is 0 Å². The molecule has 0 fully saturated rings. The maximum atomic E-state index is 7.35. The van der Waals surface area contributed by atoms with E-state index in [0.717, 1.165) is 12.7 Å². The third-order valence-corrected chi connectivity index (χ3v) is 3.60. The van der Waals surface area contributed by atoms with Crippen molar-refractivity contribution in [1.29, 1.82) is 5.41 Å². The second kappa shape index (κ2) is 4.40. The summed E-state index contributed by atoms with van der Waals surface area (Å²) >= 11 is 6.64. The molecule has 0 radical (unpaired) electrons. The summed E-state index contributed by atoms with van der Waals surface area (Å²) in [6, 6.07) is 4.03. The summed E-state index contributed by atoms with van der Waals surface area (Å²) < 4.78 is 3.25. The van der Waals surface area contributed by atoms with Gasteiger partial charge in [0.2, 0.25) is 0 Å². The lowest BCUT2D eigenvalue weighted by molar-refractivity contribution is 1.38. The van der Waals surface area contributed by atoms with Crippen molar-refractivity contribution in [2.45, 2.75) is 0 Å². The summed E-state index contributed by atoms with van der Waals surface area (Å²) in [7, 11) is 0. The topological polar surface area (TPSA) is 49.9 Å². The predicted molar refractivity (Wildman–Crippen MR) is 75.6 cm³/mol. The van der Waals surface area contributed by atoms with Crippen molar-refractivity contribution in [2.24, 2.45) is 5.73 Å². The molecule has 0 spiro atoms. The Bertz CT molecular complexity index is 312. The van der Waals surface area contributed by atoms with Crippen LogP contribution in [-0.2, 0) is 0 Å². The van der Waals surface area contributed by atoms with Crippen LogP contribution in [0.15, 0.2) is 12.1 Å². The molecular weight excluding hydrogens is 493 g/mol. The lowest BCUT2D eigenvalue weighted by Crippen LogP contribution is -2.14. The number of halogens is 3. The Morgan fingerprint density at radius 3 is 1.92 bits per heavy atom. The first-order valence-corrected chi connectivity index (χ1v) is 6.25. The predicted octanol–water partition coefficient (Wildman–Crippen LogP) is 2.78. The summed E-state index contributed by atoms with van der Waals surface area (Å²) in [4.78, 5) is 0. The second-order valence-corrected chi connectivity index (χ2v) is 5.73. The third kappa shape index (κ3) is 2.44. The lowest BCUT2D eigenvalue weighted by Gasteiger charge is -2.05. The molecule has 0 heterocycles. The molecule has 3 N–H and O–H groups in total. The van der Waals surface area contributed by atoms with Crippen molar-refractivity contribution < 1.29 is 0 Å². The van der Waals surface area contributed by atoms with Crippen molar-refractivity contribution >= 4 is 73.6 Å². The van der Waals surface area contributed by atoms with Crippen LogP contribution in [0.25, 0.3) is 0 Å². The molecule has 0 unspecified atom stereocenters. The zero-order valence-electron chi connectivity index (χ0n) is 5.87. The number of amidine groups is 1. The van der Waals surface area contributed by atoms with Crippen molar-refractivity contribution in [2.75, 3.05) is 0 Å². The fourth-order valence-corrected chi connectivity index (χ4v) is 4.96. The highest BCUT2D eigenvalue weighted by Gasteiger charge is 2.08. The molecule has 2 nitrogen and oxygen atoms in total. The first-order valence-electron chi connectivity index (χ1n) is 3.01.